The van der Waals surface area contributed by atoms with E-state index in [-0.39, 0.29) is 23.2 Å². The van der Waals surface area contributed by atoms with E-state index in [0.717, 1.165) is 30.6 Å². The van der Waals surface area contributed by atoms with Crippen molar-refractivity contribution in [2.45, 2.75) is 38.5 Å². The Hall–Kier alpha value is -2.04. The van der Waals surface area contributed by atoms with Crippen LogP contribution in [0.15, 0.2) is 24.3 Å². The lowest BCUT2D eigenvalue weighted by atomic mass is 9.90. The summed E-state index contributed by atoms with van der Waals surface area (Å²) in [6.07, 6.45) is 2.90. The summed E-state index contributed by atoms with van der Waals surface area (Å²) in [5, 5.41) is 9.14. The molecule has 2 aliphatic rings. The van der Waals surface area contributed by atoms with Crippen molar-refractivity contribution < 1.29 is 19.4 Å². The molecule has 1 aliphatic heterocycles. The van der Waals surface area contributed by atoms with Gasteiger partial charge in [-0.15, -0.1) is 0 Å². The number of carbonyl (C=O) groups is 2. The standard InChI is InChI=1S/C19H25NO4/c1-13(14-4-3-5-15(11-14)24-2)10-17(21)20-8-6-19(7-9-20)12-16(19)18(22)23/h3-5,11,13,16H,6-10,12H2,1-2H3,(H,22,23). The maximum absolute atomic E-state index is 12.6. The number of methoxy groups -OCH3 is 1. The van der Waals surface area contributed by atoms with E-state index >= 15 is 0 Å². The number of hydrogen-bond acceptors (Lipinski definition) is 3. The van der Waals surface area contributed by atoms with E-state index in [9.17, 15) is 9.59 Å². The van der Waals surface area contributed by atoms with Crippen molar-refractivity contribution in [2.24, 2.45) is 11.3 Å². The van der Waals surface area contributed by atoms with Crippen LogP contribution in [0, 0.1) is 11.3 Å². The zero-order chi connectivity index (χ0) is 17.3. The second kappa shape index (κ2) is 6.46. The Kier molecular flexibility index (Phi) is 4.52. The van der Waals surface area contributed by atoms with Gasteiger partial charge in [0.2, 0.25) is 5.91 Å². The van der Waals surface area contributed by atoms with E-state index in [1.54, 1.807) is 7.11 Å². The van der Waals surface area contributed by atoms with Gasteiger partial charge in [-0.3, -0.25) is 9.59 Å². The average molecular weight is 331 g/mol. The molecule has 1 aliphatic carbocycles. The molecule has 2 unspecified atom stereocenters. The number of piperidine rings is 1. The predicted molar refractivity (Wildman–Crippen MR) is 90.0 cm³/mol. The second-order valence-electron chi connectivity index (χ2n) is 7.22. The summed E-state index contributed by atoms with van der Waals surface area (Å²) in [6.45, 7) is 3.43. The van der Waals surface area contributed by atoms with Gasteiger partial charge in [0.15, 0.2) is 0 Å². The molecule has 1 saturated carbocycles. The third kappa shape index (κ3) is 3.25. The van der Waals surface area contributed by atoms with Crippen LogP contribution >= 0.6 is 0 Å². The molecule has 0 aromatic heterocycles. The number of benzene rings is 1. The van der Waals surface area contributed by atoms with Crippen LogP contribution in [0.5, 0.6) is 5.75 Å². The van der Waals surface area contributed by atoms with Gasteiger partial charge in [0.05, 0.1) is 13.0 Å². The Morgan fingerprint density at radius 3 is 2.67 bits per heavy atom. The van der Waals surface area contributed by atoms with Crippen molar-refractivity contribution in [3.8, 4) is 5.75 Å². The number of amides is 1. The smallest absolute Gasteiger partial charge is 0.307 e. The first-order valence-corrected chi connectivity index (χ1v) is 8.60. The van der Waals surface area contributed by atoms with Gasteiger partial charge in [-0.1, -0.05) is 19.1 Å². The van der Waals surface area contributed by atoms with Crippen molar-refractivity contribution in [2.75, 3.05) is 20.2 Å². The van der Waals surface area contributed by atoms with E-state index in [1.807, 2.05) is 29.2 Å². The molecule has 2 atom stereocenters. The Morgan fingerprint density at radius 1 is 1.38 bits per heavy atom. The van der Waals surface area contributed by atoms with E-state index in [4.69, 9.17) is 9.84 Å². The summed E-state index contributed by atoms with van der Waals surface area (Å²) in [4.78, 5) is 25.6. The van der Waals surface area contributed by atoms with Crippen molar-refractivity contribution in [3.05, 3.63) is 29.8 Å². The lowest BCUT2D eigenvalue weighted by Gasteiger charge is -2.33. The fourth-order valence-electron chi connectivity index (χ4n) is 3.91. The van der Waals surface area contributed by atoms with E-state index in [2.05, 4.69) is 6.92 Å². The van der Waals surface area contributed by atoms with Gasteiger partial charge in [0.25, 0.3) is 0 Å². The van der Waals surface area contributed by atoms with Crippen LogP contribution in [0.4, 0.5) is 0 Å². The van der Waals surface area contributed by atoms with E-state index < -0.39 is 5.97 Å². The van der Waals surface area contributed by atoms with Crippen LogP contribution in [0.3, 0.4) is 0 Å². The van der Waals surface area contributed by atoms with Crippen LogP contribution in [0.25, 0.3) is 0 Å². The van der Waals surface area contributed by atoms with Crippen molar-refractivity contribution in [1.29, 1.82) is 0 Å². The zero-order valence-electron chi connectivity index (χ0n) is 14.3. The molecule has 3 rings (SSSR count). The zero-order valence-corrected chi connectivity index (χ0v) is 14.3. The van der Waals surface area contributed by atoms with Gasteiger partial charge in [0, 0.05) is 19.5 Å². The molecule has 1 aromatic carbocycles. The first-order valence-electron chi connectivity index (χ1n) is 8.60. The molecule has 130 valence electrons. The molecule has 1 amide bonds. The number of carboxylic acids is 1. The van der Waals surface area contributed by atoms with Crippen LogP contribution in [0.1, 0.15) is 44.1 Å². The molecular formula is C19H25NO4. The number of carboxylic acid groups (broad SMARTS) is 1. The Labute approximate surface area is 142 Å². The Balaban J connectivity index is 1.53. The molecule has 1 aromatic rings. The first-order chi connectivity index (χ1) is 11.4. The monoisotopic (exact) mass is 331 g/mol. The molecule has 1 N–H and O–H groups in total. The summed E-state index contributed by atoms with van der Waals surface area (Å²) in [5.74, 6) is 0.232. The summed E-state index contributed by atoms with van der Waals surface area (Å²) in [5.41, 5.74) is 1.07. The summed E-state index contributed by atoms with van der Waals surface area (Å²) >= 11 is 0. The van der Waals surface area contributed by atoms with Crippen molar-refractivity contribution in [1.82, 2.24) is 4.90 Å². The van der Waals surface area contributed by atoms with Gasteiger partial charge in [-0.2, -0.15) is 0 Å². The van der Waals surface area contributed by atoms with Crippen LogP contribution < -0.4 is 4.74 Å². The van der Waals surface area contributed by atoms with Crippen LogP contribution in [0.2, 0.25) is 0 Å². The molecular weight excluding hydrogens is 306 g/mol. The van der Waals surface area contributed by atoms with Gasteiger partial charge in [-0.25, -0.2) is 0 Å². The minimum absolute atomic E-state index is 0.0268. The van der Waals surface area contributed by atoms with Gasteiger partial charge in [-0.05, 0) is 48.3 Å². The number of rotatable bonds is 5. The molecule has 1 spiro atoms. The highest BCUT2D eigenvalue weighted by Gasteiger charge is 2.59. The highest BCUT2D eigenvalue weighted by Crippen LogP contribution is 2.59. The van der Waals surface area contributed by atoms with E-state index in [0.29, 0.717) is 19.5 Å². The predicted octanol–water partition coefficient (Wildman–Crippen LogP) is 2.90. The maximum Gasteiger partial charge on any atom is 0.307 e. The highest BCUT2D eigenvalue weighted by atomic mass is 16.5. The number of ether oxygens (including phenoxy) is 1. The Bertz CT molecular complexity index is 634. The third-order valence-corrected chi connectivity index (χ3v) is 5.74. The number of nitrogens with zero attached hydrogens (tertiary/aromatic N) is 1. The SMILES string of the molecule is COc1cccc(C(C)CC(=O)N2CCC3(CC2)CC3C(=O)O)c1. The Morgan fingerprint density at radius 2 is 2.08 bits per heavy atom. The van der Waals surface area contributed by atoms with Crippen LogP contribution in [-0.2, 0) is 9.59 Å². The minimum atomic E-state index is -0.679. The van der Waals surface area contributed by atoms with Gasteiger partial charge in [0.1, 0.15) is 5.75 Å². The minimum Gasteiger partial charge on any atom is -0.497 e. The van der Waals surface area contributed by atoms with Crippen molar-refractivity contribution in [3.63, 3.8) is 0 Å². The first kappa shape index (κ1) is 16.8. The number of aliphatic carboxylic acids is 1. The molecule has 24 heavy (non-hydrogen) atoms. The highest BCUT2D eigenvalue weighted by molar-refractivity contribution is 5.78. The lowest BCUT2D eigenvalue weighted by molar-refractivity contribution is -0.139. The summed E-state index contributed by atoms with van der Waals surface area (Å²) in [6, 6.07) is 7.84. The number of carbonyl (C=O) groups excluding carboxylic acids is 1. The molecule has 0 radical (unpaired) electrons. The number of likely N-dealkylation sites (tertiary alicyclic amines) is 1. The van der Waals surface area contributed by atoms with Gasteiger partial charge >= 0.3 is 5.97 Å². The summed E-state index contributed by atoms with van der Waals surface area (Å²) < 4.78 is 5.24. The maximum atomic E-state index is 12.6. The lowest BCUT2D eigenvalue weighted by Crippen LogP contribution is -2.40. The fraction of sp³-hybridized carbons (Fsp3) is 0.579. The quantitative estimate of drug-likeness (QED) is 0.901. The fourth-order valence-corrected chi connectivity index (χ4v) is 3.91. The van der Waals surface area contributed by atoms with E-state index in [1.165, 1.54) is 0 Å². The normalized spacial score (nSPS) is 22.9. The molecule has 0 bridgehead atoms. The molecule has 5 nitrogen and oxygen atoms in total. The second-order valence-corrected chi connectivity index (χ2v) is 7.22. The third-order valence-electron chi connectivity index (χ3n) is 5.74. The average Bonchev–Trinajstić information content (AvgIpc) is 3.29. The van der Waals surface area contributed by atoms with Crippen molar-refractivity contribution >= 4 is 11.9 Å². The van der Waals surface area contributed by atoms with Crippen LogP contribution in [-0.4, -0.2) is 42.1 Å². The molecule has 5 heteroatoms. The number of hydrogen-bond donors (Lipinski definition) is 1. The molecule has 1 heterocycles. The molecule has 2 fully saturated rings. The molecule has 1 saturated heterocycles. The summed E-state index contributed by atoms with van der Waals surface area (Å²) in [7, 11) is 1.64. The largest absolute Gasteiger partial charge is 0.497 e. The topological polar surface area (TPSA) is 66.8 Å². The van der Waals surface area contributed by atoms with Gasteiger partial charge < -0.3 is 14.7 Å².